The minimum atomic E-state index is -1.46. The van der Waals surface area contributed by atoms with Crippen molar-refractivity contribution in [2.45, 2.75) is 88.4 Å². The van der Waals surface area contributed by atoms with Crippen molar-refractivity contribution in [3.63, 3.8) is 0 Å². The van der Waals surface area contributed by atoms with Gasteiger partial charge in [0, 0.05) is 11.8 Å². The molecule has 0 unspecified atom stereocenters. The number of nitrogens with zero attached hydrogens (tertiary/aromatic N) is 1. The van der Waals surface area contributed by atoms with Crippen LogP contribution in [0.2, 0.25) is 0 Å². The summed E-state index contributed by atoms with van der Waals surface area (Å²) in [6.07, 6.45) is 4.65. The summed E-state index contributed by atoms with van der Waals surface area (Å²) in [4.78, 5) is 42.4. The first kappa shape index (κ1) is 34.9. The number of carbonyl (C=O) groups is 3. The highest BCUT2D eigenvalue weighted by Crippen LogP contribution is 2.56. The number of benzene rings is 2. The van der Waals surface area contributed by atoms with E-state index in [0.29, 0.717) is 54.4 Å². The second kappa shape index (κ2) is 12.6. The van der Waals surface area contributed by atoms with E-state index in [1.54, 1.807) is 33.8 Å². The second-order valence-corrected chi connectivity index (χ2v) is 15.1. The van der Waals surface area contributed by atoms with Crippen molar-refractivity contribution in [2.75, 3.05) is 34.7 Å². The van der Waals surface area contributed by atoms with E-state index in [4.69, 9.17) is 33.2 Å². The smallest absolute Gasteiger partial charge is 0.336 e. The summed E-state index contributed by atoms with van der Waals surface area (Å²) in [6.45, 7) is 7.19. The van der Waals surface area contributed by atoms with Crippen molar-refractivity contribution in [3.8, 4) is 28.7 Å². The van der Waals surface area contributed by atoms with Crippen LogP contribution in [-0.4, -0.2) is 79.5 Å². The van der Waals surface area contributed by atoms with Gasteiger partial charge in [0.05, 0.1) is 56.5 Å². The largest absolute Gasteiger partial charge is 0.493 e. The van der Waals surface area contributed by atoms with Crippen molar-refractivity contribution < 1.29 is 52.7 Å². The summed E-state index contributed by atoms with van der Waals surface area (Å²) in [6, 6.07) is 6.68. The van der Waals surface area contributed by atoms with Gasteiger partial charge in [-0.05, 0) is 94.3 Å². The van der Waals surface area contributed by atoms with Gasteiger partial charge in [-0.15, -0.1) is 0 Å². The Morgan fingerprint density at radius 1 is 0.882 bits per heavy atom. The van der Waals surface area contributed by atoms with E-state index in [1.165, 1.54) is 21.3 Å². The first-order chi connectivity index (χ1) is 24.3. The third kappa shape index (κ3) is 5.56. The van der Waals surface area contributed by atoms with Crippen molar-refractivity contribution in [2.24, 2.45) is 11.8 Å². The first-order valence-electron chi connectivity index (χ1n) is 17.4. The molecule has 2 aromatic rings. The van der Waals surface area contributed by atoms with Crippen LogP contribution in [0, 0.1) is 11.8 Å². The van der Waals surface area contributed by atoms with Crippen LogP contribution in [0.4, 0.5) is 0 Å². The van der Waals surface area contributed by atoms with Crippen LogP contribution in [-0.2, 0) is 23.9 Å². The van der Waals surface area contributed by atoms with Crippen LogP contribution in [0.3, 0.4) is 0 Å². The topological polar surface area (TPSA) is 151 Å². The number of fused-ring (bicyclic) bond motifs is 3. The van der Waals surface area contributed by atoms with Crippen molar-refractivity contribution in [1.82, 2.24) is 10.4 Å². The molecule has 2 N–H and O–H groups in total. The SMILES string of the molecule is COc1cc([C@@H]2c3cc4c(cc3[C@@H](NC(=O)C3(OC(=O)C5=CC(C)(C)N(O)C5(C)C)CCCCC3)[C@H]3COC(=O)[C@H]23)OCO4)cc(OC)c1OC. The number of esters is 2. The van der Waals surface area contributed by atoms with Crippen LogP contribution in [0.15, 0.2) is 35.9 Å². The Bertz CT molecular complexity index is 1770. The molecule has 4 atom stereocenters. The van der Waals surface area contributed by atoms with Crippen LogP contribution < -0.4 is 29.0 Å². The minimum Gasteiger partial charge on any atom is -0.493 e. The van der Waals surface area contributed by atoms with Gasteiger partial charge < -0.3 is 43.7 Å². The quantitative estimate of drug-likeness (QED) is 0.357. The number of nitrogens with one attached hydrogen (secondary N) is 1. The molecule has 0 aromatic heterocycles. The minimum absolute atomic E-state index is 0.0341. The highest BCUT2D eigenvalue weighted by atomic mass is 16.7. The maximum Gasteiger partial charge on any atom is 0.336 e. The summed E-state index contributed by atoms with van der Waals surface area (Å²) in [5.74, 6) is -0.862. The third-order valence-corrected chi connectivity index (χ3v) is 11.3. The zero-order valence-electron chi connectivity index (χ0n) is 30.1. The lowest BCUT2D eigenvalue weighted by atomic mass is 9.65. The molecule has 1 saturated heterocycles. The van der Waals surface area contributed by atoms with Gasteiger partial charge in [-0.1, -0.05) is 12.5 Å². The Kier molecular flexibility index (Phi) is 8.65. The lowest BCUT2D eigenvalue weighted by Gasteiger charge is -2.42. The molecule has 2 fully saturated rings. The number of hydrogen-bond acceptors (Lipinski definition) is 12. The van der Waals surface area contributed by atoms with Gasteiger partial charge in [-0.25, -0.2) is 4.79 Å². The molecular weight excluding hydrogens is 660 g/mol. The van der Waals surface area contributed by atoms with Crippen LogP contribution >= 0.6 is 0 Å². The number of rotatable bonds is 8. The Hall–Kier alpha value is -4.49. The van der Waals surface area contributed by atoms with Gasteiger partial charge in [-0.3, -0.25) is 9.59 Å². The molecule has 13 heteroatoms. The Balaban J connectivity index is 1.30. The van der Waals surface area contributed by atoms with E-state index in [1.807, 2.05) is 24.3 Å². The number of carbonyl (C=O) groups excluding carboxylic acids is 3. The molecule has 3 aliphatic heterocycles. The molecule has 1 amide bonds. The third-order valence-electron chi connectivity index (χ3n) is 11.3. The molecule has 13 nitrogen and oxygen atoms in total. The fourth-order valence-electron chi connectivity index (χ4n) is 8.77. The van der Waals surface area contributed by atoms with Crippen LogP contribution in [0.5, 0.6) is 28.7 Å². The lowest BCUT2D eigenvalue weighted by Crippen LogP contribution is -2.55. The number of ether oxygens (including phenoxy) is 7. The molecule has 1 saturated carbocycles. The molecule has 2 aliphatic carbocycles. The average Bonchev–Trinajstić information content (AvgIpc) is 3.78. The Morgan fingerprint density at radius 2 is 1.51 bits per heavy atom. The number of amides is 1. The fraction of sp³-hybridized carbons (Fsp3) is 0.553. The van der Waals surface area contributed by atoms with Gasteiger partial charge in [0.2, 0.25) is 12.5 Å². The van der Waals surface area contributed by atoms with E-state index in [2.05, 4.69) is 5.32 Å². The highest BCUT2D eigenvalue weighted by molar-refractivity contribution is 5.96. The van der Waals surface area contributed by atoms with Gasteiger partial charge >= 0.3 is 11.9 Å². The highest BCUT2D eigenvalue weighted by Gasteiger charge is 2.56. The zero-order chi connectivity index (χ0) is 36.5. The predicted octanol–water partition coefficient (Wildman–Crippen LogP) is 4.97. The predicted molar refractivity (Wildman–Crippen MR) is 181 cm³/mol. The van der Waals surface area contributed by atoms with Crippen molar-refractivity contribution >= 4 is 17.8 Å². The molecule has 3 heterocycles. The van der Waals surface area contributed by atoms with E-state index in [9.17, 15) is 19.6 Å². The molecule has 2 aromatic carbocycles. The fourth-order valence-corrected chi connectivity index (χ4v) is 8.77. The van der Waals surface area contributed by atoms with Crippen LogP contribution in [0.25, 0.3) is 0 Å². The van der Waals surface area contributed by atoms with E-state index >= 15 is 0 Å². The van der Waals surface area contributed by atoms with Crippen LogP contribution in [0.1, 0.15) is 88.4 Å². The summed E-state index contributed by atoms with van der Waals surface area (Å²) < 4.78 is 40.5. The Morgan fingerprint density at radius 3 is 2.08 bits per heavy atom. The molecular formula is C38H46N2O11. The van der Waals surface area contributed by atoms with Gasteiger partial charge in [-0.2, -0.15) is 5.06 Å². The first-order valence-corrected chi connectivity index (χ1v) is 17.4. The summed E-state index contributed by atoms with van der Waals surface area (Å²) in [5, 5.41) is 15.3. The summed E-state index contributed by atoms with van der Waals surface area (Å²) >= 11 is 0. The van der Waals surface area contributed by atoms with Gasteiger partial charge in [0.15, 0.2) is 28.6 Å². The number of hydroxylamine groups is 2. The molecule has 7 rings (SSSR count). The van der Waals surface area contributed by atoms with E-state index in [0.717, 1.165) is 28.2 Å². The lowest BCUT2D eigenvalue weighted by molar-refractivity contribution is -0.191. The van der Waals surface area contributed by atoms with Crippen molar-refractivity contribution in [1.29, 1.82) is 0 Å². The van der Waals surface area contributed by atoms with Gasteiger partial charge in [0.1, 0.15) is 0 Å². The molecule has 274 valence electrons. The van der Waals surface area contributed by atoms with Crippen molar-refractivity contribution in [3.05, 3.63) is 52.6 Å². The molecule has 51 heavy (non-hydrogen) atoms. The maximum atomic E-state index is 14.7. The summed E-state index contributed by atoms with van der Waals surface area (Å²) in [5.41, 5.74) is -0.801. The molecule has 5 aliphatic rings. The standard InChI is InChI=1S/C38H46N2O11/c1-36(2)17-24(37(3,4)40(36)44)33(41)51-38(11-9-8-10-12-38)35(43)39-31-22-16-26-25(49-19-50-26)15-21(22)29(30-23(31)18-48-34(30)42)20-13-27(45-5)32(47-7)28(14-20)46-6/h13-17,23,29-31,44H,8-12,18-19H2,1-7H3,(H,39,43)/t23-,29+,30-,31+/m0/s1. The number of methoxy groups -OCH3 is 3. The summed E-state index contributed by atoms with van der Waals surface area (Å²) in [7, 11) is 4.59. The van der Waals surface area contributed by atoms with E-state index < -0.39 is 58.3 Å². The molecule has 0 spiro atoms. The Labute approximate surface area is 297 Å². The normalized spacial score (nSPS) is 26.7. The number of hydrogen-bond donors (Lipinski definition) is 2. The number of cyclic esters (lactones) is 1. The maximum absolute atomic E-state index is 14.7. The van der Waals surface area contributed by atoms with E-state index in [-0.39, 0.29) is 19.0 Å². The zero-order valence-corrected chi connectivity index (χ0v) is 30.1. The van der Waals surface area contributed by atoms with Gasteiger partial charge in [0.25, 0.3) is 5.91 Å². The average molecular weight is 707 g/mol. The molecule has 0 bridgehead atoms. The second-order valence-electron chi connectivity index (χ2n) is 15.1. The molecule has 0 radical (unpaired) electrons. The monoisotopic (exact) mass is 706 g/mol.